The van der Waals surface area contributed by atoms with Gasteiger partial charge in [-0.2, -0.15) is 0 Å². The number of halogens is 2. The van der Waals surface area contributed by atoms with Gasteiger partial charge in [0.25, 0.3) is 5.91 Å². The largest absolute Gasteiger partial charge is 0.483 e. The number of hydrogen-bond acceptors (Lipinski definition) is 2. The molecule has 0 bridgehead atoms. The van der Waals surface area contributed by atoms with E-state index in [1.54, 1.807) is 12.1 Å². The van der Waals surface area contributed by atoms with Crippen LogP contribution in [0.2, 0.25) is 5.02 Å². The maximum Gasteiger partial charge on any atom is 0.258 e. The Morgan fingerprint density at radius 3 is 2.60 bits per heavy atom. The van der Waals surface area contributed by atoms with Crippen molar-refractivity contribution in [2.45, 2.75) is 6.54 Å². The van der Waals surface area contributed by atoms with E-state index < -0.39 is 0 Å². The third kappa shape index (κ3) is 4.25. The molecular formula is C15H13BrClNO2. The predicted molar refractivity (Wildman–Crippen MR) is 82.9 cm³/mol. The van der Waals surface area contributed by atoms with Crippen molar-refractivity contribution in [1.29, 1.82) is 0 Å². The van der Waals surface area contributed by atoms with Gasteiger partial charge in [-0.05, 0) is 39.7 Å². The van der Waals surface area contributed by atoms with Crippen LogP contribution in [-0.2, 0) is 11.3 Å². The number of carbonyl (C=O) groups is 1. The summed E-state index contributed by atoms with van der Waals surface area (Å²) in [4.78, 5) is 11.7. The Hall–Kier alpha value is -1.52. The number of para-hydroxylation sites is 1. The zero-order chi connectivity index (χ0) is 14.4. The van der Waals surface area contributed by atoms with E-state index in [9.17, 15) is 4.79 Å². The number of benzene rings is 2. The quantitative estimate of drug-likeness (QED) is 0.887. The Bertz CT molecular complexity index is 552. The molecule has 0 spiro atoms. The van der Waals surface area contributed by atoms with Crippen molar-refractivity contribution in [1.82, 2.24) is 5.32 Å². The molecule has 0 aliphatic rings. The van der Waals surface area contributed by atoms with Crippen molar-refractivity contribution < 1.29 is 9.53 Å². The first kappa shape index (κ1) is 14.9. The summed E-state index contributed by atoms with van der Waals surface area (Å²) in [5.41, 5.74) is 0.878. The molecule has 0 radical (unpaired) electrons. The lowest BCUT2D eigenvalue weighted by atomic mass is 10.2. The van der Waals surface area contributed by atoms with E-state index in [0.717, 1.165) is 10.0 Å². The lowest BCUT2D eigenvalue weighted by Crippen LogP contribution is -2.28. The van der Waals surface area contributed by atoms with Crippen LogP contribution in [0.4, 0.5) is 0 Å². The van der Waals surface area contributed by atoms with E-state index in [2.05, 4.69) is 21.2 Å². The molecule has 1 N–H and O–H groups in total. The molecule has 1 amide bonds. The van der Waals surface area contributed by atoms with E-state index in [1.807, 2.05) is 36.4 Å². The van der Waals surface area contributed by atoms with Crippen LogP contribution in [0.3, 0.4) is 0 Å². The van der Waals surface area contributed by atoms with Gasteiger partial charge < -0.3 is 10.1 Å². The van der Waals surface area contributed by atoms with E-state index in [4.69, 9.17) is 16.3 Å². The van der Waals surface area contributed by atoms with Gasteiger partial charge >= 0.3 is 0 Å². The summed E-state index contributed by atoms with van der Waals surface area (Å²) in [6.45, 7) is 0.352. The molecule has 2 rings (SSSR count). The Balaban J connectivity index is 1.82. The molecular weight excluding hydrogens is 342 g/mol. The molecule has 3 nitrogen and oxygen atoms in total. The highest BCUT2D eigenvalue weighted by Gasteiger charge is 2.06. The Kier molecular flexibility index (Phi) is 5.44. The van der Waals surface area contributed by atoms with Crippen LogP contribution in [-0.4, -0.2) is 12.5 Å². The Morgan fingerprint density at radius 1 is 1.15 bits per heavy atom. The summed E-state index contributed by atoms with van der Waals surface area (Å²) in [6.07, 6.45) is 0. The van der Waals surface area contributed by atoms with Gasteiger partial charge in [0, 0.05) is 11.6 Å². The van der Waals surface area contributed by atoms with Crippen LogP contribution in [0.5, 0.6) is 5.75 Å². The smallest absolute Gasteiger partial charge is 0.258 e. The van der Waals surface area contributed by atoms with Crippen LogP contribution in [0, 0.1) is 0 Å². The summed E-state index contributed by atoms with van der Waals surface area (Å²) < 4.78 is 6.24. The van der Waals surface area contributed by atoms with Gasteiger partial charge in [-0.1, -0.05) is 41.9 Å². The molecule has 104 valence electrons. The number of nitrogens with one attached hydrogen (secondary N) is 1. The second-order valence-corrected chi connectivity index (χ2v) is 5.35. The number of hydrogen-bond donors (Lipinski definition) is 1. The van der Waals surface area contributed by atoms with Gasteiger partial charge in [-0.3, -0.25) is 4.79 Å². The second-order valence-electron chi connectivity index (χ2n) is 4.09. The van der Waals surface area contributed by atoms with Gasteiger partial charge in [-0.15, -0.1) is 0 Å². The molecule has 0 aromatic heterocycles. The SMILES string of the molecule is O=C(COc1ccccc1Br)NCc1ccccc1Cl. The lowest BCUT2D eigenvalue weighted by molar-refractivity contribution is -0.123. The normalized spacial score (nSPS) is 10.1. The summed E-state index contributed by atoms with van der Waals surface area (Å²) in [6, 6.07) is 14.8. The summed E-state index contributed by atoms with van der Waals surface area (Å²) >= 11 is 9.37. The van der Waals surface area contributed by atoms with E-state index in [-0.39, 0.29) is 12.5 Å². The molecule has 20 heavy (non-hydrogen) atoms. The van der Waals surface area contributed by atoms with E-state index in [1.165, 1.54) is 0 Å². The standard InChI is InChI=1S/C15H13BrClNO2/c16-12-6-2-4-8-14(12)20-10-15(19)18-9-11-5-1-3-7-13(11)17/h1-8H,9-10H2,(H,18,19). The van der Waals surface area contributed by atoms with Gasteiger partial charge in [0.1, 0.15) is 5.75 Å². The molecule has 0 saturated heterocycles. The highest BCUT2D eigenvalue weighted by molar-refractivity contribution is 9.10. The summed E-state index contributed by atoms with van der Waals surface area (Å²) in [7, 11) is 0. The number of ether oxygens (including phenoxy) is 1. The fourth-order valence-electron chi connectivity index (χ4n) is 1.59. The first-order valence-electron chi connectivity index (χ1n) is 6.04. The minimum Gasteiger partial charge on any atom is -0.483 e. The summed E-state index contributed by atoms with van der Waals surface area (Å²) in [5, 5.41) is 3.40. The highest BCUT2D eigenvalue weighted by atomic mass is 79.9. The lowest BCUT2D eigenvalue weighted by Gasteiger charge is -2.09. The third-order valence-corrected chi connectivity index (χ3v) is 3.65. The zero-order valence-corrected chi connectivity index (χ0v) is 12.9. The van der Waals surface area contributed by atoms with Crippen molar-refractivity contribution in [2.24, 2.45) is 0 Å². The van der Waals surface area contributed by atoms with Crippen molar-refractivity contribution in [3.63, 3.8) is 0 Å². The molecule has 0 aliphatic heterocycles. The highest BCUT2D eigenvalue weighted by Crippen LogP contribution is 2.23. The minimum absolute atomic E-state index is 0.0347. The van der Waals surface area contributed by atoms with Crippen LogP contribution >= 0.6 is 27.5 Å². The van der Waals surface area contributed by atoms with Gasteiger partial charge in [0.2, 0.25) is 0 Å². The van der Waals surface area contributed by atoms with Gasteiger partial charge in [0.15, 0.2) is 6.61 Å². The first-order valence-corrected chi connectivity index (χ1v) is 7.21. The van der Waals surface area contributed by atoms with Gasteiger partial charge in [0.05, 0.1) is 4.47 Å². The monoisotopic (exact) mass is 353 g/mol. The van der Waals surface area contributed by atoms with Crippen molar-refractivity contribution in [3.8, 4) is 5.75 Å². The van der Waals surface area contributed by atoms with E-state index in [0.29, 0.717) is 17.3 Å². The molecule has 2 aromatic carbocycles. The average Bonchev–Trinajstić information content (AvgIpc) is 2.45. The molecule has 5 heteroatoms. The minimum atomic E-state index is -0.194. The van der Waals surface area contributed by atoms with Crippen LogP contribution < -0.4 is 10.1 Å². The molecule has 0 saturated carbocycles. The summed E-state index contributed by atoms with van der Waals surface area (Å²) in [5.74, 6) is 0.445. The molecule has 2 aromatic rings. The van der Waals surface area contributed by atoms with Crippen LogP contribution in [0.15, 0.2) is 53.0 Å². The maximum atomic E-state index is 11.7. The average molecular weight is 355 g/mol. The molecule has 0 aliphatic carbocycles. The fraction of sp³-hybridized carbons (Fsp3) is 0.133. The van der Waals surface area contributed by atoms with Crippen LogP contribution in [0.1, 0.15) is 5.56 Å². The number of amides is 1. The van der Waals surface area contributed by atoms with E-state index >= 15 is 0 Å². The first-order chi connectivity index (χ1) is 9.66. The van der Waals surface area contributed by atoms with Crippen molar-refractivity contribution in [3.05, 3.63) is 63.6 Å². The molecule has 0 fully saturated rings. The second kappa shape index (κ2) is 7.31. The molecule has 0 heterocycles. The predicted octanol–water partition coefficient (Wildman–Crippen LogP) is 3.80. The Labute approximate surface area is 131 Å². The maximum absolute atomic E-state index is 11.7. The number of carbonyl (C=O) groups excluding carboxylic acids is 1. The zero-order valence-electron chi connectivity index (χ0n) is 10.6. The van der Waals surface area contributed by atoms with Crippen molar-refractivity contribution >= 4 is 33.4 Å². The van der Waals surface area contributed by atoms with Crippen molar-refractivity contribution in [2.75, 3.05) is 6.61 Å². The molecule has 0 unspecified atom stereocenters. The third-order valence-electron chi connectivity index (χ3n) is 2.63. The topological polar surface area (TPSA) is 38.3 Å². The number of rotatable bonds is 5. The van der Waals surface area contributed by atoms with Gasteiger partial charge in [-0.25, -0.2) is 0 Å². The fourth-order valence-corrected chi connectivity index (χ4v) is 2.19. The molecule has 0 atom stereocenters. The Morgan fingerprint density at radius 2 is 1.85 bits per heavy atom. The van der Waals surface area contributed by atoms with Crippen LogP contribution in [0.25, 0.3) is 0 Å².